The molecule has 0 saturated heterocycles. The Hall–Kier alpha value is -0.0800. The standard InChI is InChI=1S/C16H36N2/c1-10-11-14(12-17-16(6,7)8)18(9)13(2)15(3,4)5/h13-14,17H,10-12H2,1-9H3. The highest BCUT2D eigenvalue weighted by Gasteiger charge is 2.28. The SMILES string of the molecule is CCCC(CNC(C)(C)C)N(C)C(C)C(C)(C)C. The van der Waals surface area contributed by atoms with Gasteiger partial charge in [0.2, 0.25) is 0 Å². The Bertz CT molecular complexity index is 222. The highest BCUT2D eigenvalue weighted by atomic mass is 15.2. The van der Waals surface area contributed by atoms with Gasteiger partial charge in [0.05, 0.1) is 0 Å². The van der Waals surface area contributed by atoms with Crippen LogP contribution in [0.4, 0.5) is 0 Å². The molecule has 2 atom stereocenters. The minimum Gasteiger partial charge on any atom is -0.311 e. The lowest BCUT2D eigenvalue weighted by atomic mass is 9.86. The summed E-state index contributed by atoms with van der Waals surface area (Å²) in [6, 6.07) is 1.22. The van der Waals surface area contributed by atoms with E-state index in [-0.39, 0.29) is 5.54 Å². The zero-order valence-corrected chi connectivity index (χ0v) is 14.2. The van der Waals surface area contributed by atoms with Crippen LogP contribution in [0.3, 0.4) is 0 Å². The predicted molar refractivity (Wildman–Crippen MR) is 83.1 cm³/mol. The fraction of sp³-hybridized carbons (Fsp3) is 1.00. The van der Waals surface area contributed by atoms with E-state index in [1.807, 2.05) is 0 Å². The maximum absolute atomic E-state index is 3.65. The number of nitrogens with one attached hydrogen (secondary N) is 1. The van der Waals surface area contributed by atoms with Gasteiger partial charge in [-0.3, -0.25) is 4.90 Å². The summed E-state index contributed by atoms with van der Waals surface area (Å²) in [5, 5.41) is 3.65. The van der Waals surface area contributed by atoms with Crippen molar-refractivity contribution in [3.8, 4) is 0 Å². The molecule has 0 radical (unpaired) electrons. The van der Waals surface area contributed by atoms with Crippen molar-refractivity contribution in [3.63, 3.8) is 0 Å². The summed E-state index contributed by atoms with van der Waals surface area (Å²) in [4.78, 5) is 2.56. The molecule has 18 heavy (non-hydrogen) atoms. The molecular formula is C16H36N2. The summed E-state index contributed by atoms with van der Waals surface area (Å²) in [7, 11) is 2.28. The molecule has 0 aromatic rings. The molecule has 2 heteroatoms. The van der Waals surface area contributed by atoms with Crippen LogP contribution in [0, 0.1) is 5.41 Å². The van der Waals surface area contributed by atoms with E-state index in [0.717, 1.165) is 6.54 Å². The van der Waals surface area contributed by atoms with E-state index in [4.69, 9.17) is 0 Å². The average Bonchev–Trinajstić information content (AvgIpc) is 2.19. The van der Waals surface area contributed by atoms with Crippen molar-refractivity contribution in [2.75, 3.05) is 13.6 Å². The van der Waals surface area contributed by atoms with Gasteiger partial charge in [-0.2, -0.15) is 0 Å². The first-order valence-electron chi connectivity index (χ1n) is 7.46. The molecule has 0 spiro atoms. The van der Waals surface area contributed by atoms with Crippen LogP contribution in [0.15, 0.2) is 0 Å². The Morgan fingerprint density at radius 1 is 1.06 bits per heavy atom. The van der Waals surface area contributed by atoms with E-state index in [1.165, 1.54) is 12.8 Å². The summed E-state index contributed by atoms with van der Waals surface area (Å²) in [6.07, 6.45) is 2.51. The molecule has 2 nitrogen and oxygen atoms in total. The van der Waals surface area contributed by atoms with E-state index >= 15 is 0 Å². The third kappa shape index (κ3) is 6.75. The predicted octanol–water partition coefficient (Wildman–Crippen LogP) is 3.91. The fourth-order valence-electron chi connectivity index (χ4n) is 2.13. The maximum Gasteiger partial charge on any atom is 0.0220 e. The summed E-state index contributed by atoms with van der Waals surface area (Å²) < 4.78 is 0. The van der Waals surface area contributed by atoms with Crippen LogP contribution in [0.2, 0.25) is 0 Å². The second-order valence-electron chi connectivity index (χ2n) is 7.78. The molecule has 2 unspecified atom stereocenters. The number of hydrogen-bond donors (Lipinski definition) is 1. The third-order valence-corrected chi connectivity index (χ3v) is 3.93. The van der Waals surface area contributed by atoms with Crippen LogP contribution in [-0.2, 0) is 0 Å². The molecule has 0 fully saturated rings. The largest absolute Gasteiger partial charge is 0.311 e. The van der Waals surface area contributed by atoms with E-state index < -0.39 is 0 Å². The van der Waals surface area contributed by atoms with Gasteiger partial charge in [-0.15, -0.1) is 0 Å². The van der Waals surface area contributed by atoms with Crippen molar-refractivity contribution in [1.82, 2.24) is 10.2 Å². The molecule has 0 bridgehead atoms. The monoisotopic (exact) mass is 256 g/mol. The Kier molecular flexibility index (Phi) is 6.87. The van der Waals surface area contributed by atoms with E-state index in [1.54, 1.807) is 0 Å². The molecule has 0 aliphatic carbocycles. The molecule has 0 heterocycles. The Morgan fingerprint density at radius 2 is 1.56 bits per heavy atom. The van der Waals surface area contributed by atoms with Gasteiger partial charge in [0.25, 0.3) is 0 Å². The Morgan fingerprint density at radius 3 is 1.89 bits per heavy atom. The van der Waals surface area contributed by atoms with Crippen LogP contribution in [0.1, 0.15) is 68.2 Å². The van der Waals surface area contributed by atoms with Crippen LogP contribution in [0.5, 0.6) is 0 Å². The summed E-state index contributed by atoms with van der Waals surface area (Å²) in [6.45, 7) is 19.4. The zero-order chi connectivity index (χ0) is 14.6. The second kappa shape index (κ2) is 6.91. The zero-order valence-electron chi connectivity index (χ0n) is 14.2. The van der Waals surface area contributed by atoms with Crippen molar-refractivity contribution in [1.29, 1.82) is 0 Å². The van der Waals surface area contributed by atoms with E-state index in [2.05, 4.69) is 72.7 Å². The van der Waals surface area contributed by atoms with Crippen molar-refractivity contribution in [2.24, 2.45) is 5.41 Å². The first kappa shape index (κ1) is 17.9. The first-order chi connectivity index (χ1) is 7.99. The molecule has 0 rings (SSSR count). The minimum absolute atomic E-state index is 0.206. The van der Waals surface area contributed by atoms with Crippen LogP contribution < -0.4 is 5.32 Å². The number of nitrogens with zero attached hydrogens (tertiary/aromatic N) is 1. The van der Waals surface area contributed by atoms with Gasteiger partial charge in [-0.25, -0.2) is 0 Å². The quantitative estimate of drug-likeness (QED) is 0.775. The Labute approximate surface area is 116 Å². The van der Waals surface area contributed by atoms with Crippen molar-refractivity contribution in [2.45, 2.75) is 85.9 Å². The van der Waals surface area contributed by atoms with Gasteiger partial charge in [-0.05, 0) is 46.6 Å². The minimum atomic E-state index is 0.206. The lowest BCUT2D eigenvalue weighted by Gasteiger charge is -2.41. The molecule has 110 valence electrons. The highest BCUT2D eigenvalue weighted by molar-refractivity contribution is 4.84. The second-order valence-corrected chi connectivity index (χ2v) is 7.78. The molecule has 0 aliphatic heterocycles. The molecule has 0 amide bonds. The topological polar surface area (TPSA) is 15.3 Å². The van der Waals surface area contributed by atoms with Gasteiger partial charge >= 0.3 is 0 Å². The smallest absolute Gasteiger partial charge is 0.0220 e. The van der Waals surface area contributed by atoms with Gasteiger partial charge in [0.1, 0.15) is 0 Å². The highest BCUT2D eigenvalue weighted by Crippen LogP contribution is 2.25. The van der Waals surface area contributed by atoms with Crippen LogP contribution in [-0.4, -0.2) is 36.1 Å². The summed E-state index contributed by atoms with van der Waals surface area (Å²) in [5.41, 5.74) is 0.542. The number of hydrogen-bond acceptors (Lipinski definition) is 2. The van der Waals surface area contributed by atoms with E-state index in [9.17, 15) is 0 Å². The van der Waals surface area contributed by atoms with Gasteiger partial charge in [-0.1, -0.05) is 34.1 Å². The molecule has 0 aromatic heterocycles. The lowest BCUT2D eigenvalue weighted by molar-refractivity contribution is 0.0881. The van der Waals surface area contributed by atoms with E-state index in [0.29, 0.717) is 17.5 Å². The van der Waals surface area contributed by atoms with Crippen molar-refractivity contribution >= 4 is 0 Å². The summed E-state index contributed by atoms with van der Waals surface area (Å²) in [5.74, 6) is 0. The number of rotatable bonds is 6. The van der Waals surface area contributed by atoms with Gasteiger partial charge in [0, 0.05) is 24.2 Å². The van der Waals surface area contributed by atoms with Crippen LogP contribution >= 0.6 is 0 Å². The molecule has 0 aliphatic rings. The molecule has 0 aromatic carbocycles. The lowest BCUT2D eigenvalue weighted by Crippen LogP contribution is -2.51. The molecule has 1 N–H and O–H groups in total. The number of likely N-dealkylation sites (N-methyl/N-ethyl adjacent to an activating group) is 1. The van der Waals surface area contributed by atoms with Crippen LogP contribution in [0.25, 0.3) is 0 Å². The van der Waals surface area contributed by atoms with Gasteiger partial charge in [0.15, 0.2) is 0 Å². The maximum atomic E-state index is 3.65. The normalized spacial score (nSPS) is 17.0. The van der Waals surface area contributed by atoms with Crippen molar-refractivity contribution in [3.05, 3.63) is 0 Å². The molecular weight excluding hydrogens is 220 g/mol. The fourth-order valence-corrected chi connectivity index (χ4v) is 2.13. The van der Waals surface area contributed by atoms with Crippen molar-refractivity contribution < 1.29 is 0 Å². The Balaban J connectivity index is 4.58. The molecule has 0 saturated carbocycles. The summed E-state index contributed by atoms with van der Waals surface area (Å²) >= 11 is 0. The average molecular weight is 256 g/mol. The van der Waals surface area contributed by atoms with Gasteiger partial charge < -0.3 is 5.32 Å². The first-order valence-corrected chi connectivity index (χ1v) is 7.46. The third-order valence-electron chi connectivity index (χ3n) is 3.93.